The highest BCUT2D eigenvalue weighted by Crippen LogP contribution is 2.27. The predicted octanol–water partition coefficient (Wildman–Crippen LogP) is 3.79. The number of nitrogens with zero attached hydrogens (tertiary/aromatic N) is 2. The fourth-order valence-corrected chi connectivity index (χ4v) is 2.46. The molecule has 0 atom stereocenters. The number of benzene rings is 1. The standard InChI is InChI=1S/C17H18N2O/c1-3-20-17-8-4-7-16-14(17)9-11-19(16)12-15-13(2)6-5-10-18-15/h4-11H,3,12H2,1-2H3. The molecule has 2 aromatic heterocycles. The molecule has 0 unspecified atom stereocenters. The van der Waals surface area contributed by atoms with Crippen molar-refractivity contribution in [2.75, 3.05) is 6.61 Å². The van der Waals surface area contributed by atoms with E-state index < -0.39 is 0 Å². The summed E-state index contributed by atoms with van der Waals surface area (Å²) in [5, 5.41) is 1.16. The minimum Gasteiger partial charge on any atom is -0.493 e. The van der Waals surface area contributed by atoms with E-state index in [-0.39, 0.29) is 0 Å². The fraction of sp³-hybridized carbons (Fsp3) is 0.235. The van der Waals surface area contributed by atoms with Crippen LogP contribution < -0.4 is 4.74 Å². The molecule has 3 aromatic rings. The summed E-state index contributed by atoms with van der Waals surface area (Å²) in [6.45, 7) is 5.57. The zero-order valence-corrected chi connectivity index (χ0v) is 11.8. The molecule has 0 bridgehead atoms. The second-order valence-corrected chi connectivity index (χ2v) is 4.83. The van der Waals surface area contributed by atoms with E-state index in [2.05, 4.69) is 40.9 Å². The zero-order valence-electron chi connectivity index (χ0n) is 11.8. The minimum atomic E-state index is 0.684. The molecule has 0 aliphatic carbocycles. The van der Waals surface area contributed by atoms with Gasteiger partial charge in [0, 0.05) is 17.8 Å². The van der Waals surface area contributed by atoms with Crippen LogP contribution in [0, 0.1) is 6.92 Å². The zero-order chi connectivity index (χ0) is 13.9. The summed E-state index contributed by atoms with van der Waals surface area (Å²) in [6, 6.07) is 12.4. The first-order valence-electron chi connectivity index (χ1n) is 6.90. The summed E-state index contributed by atoms with van der Waals surface area (Å²) in [5.74, 6) is 0.946. The third-order valence-electron chi connectivity index (χ3n) is 3.51. The van der Waals surface area contributed by atoms with E-state index in [1.54, 1.807) is 0 Å². The fourth-order valence-electron chi connectivity index (χ4n) is 2.46. The molecule has 0 spiro atoms. The van der Waals surface area contributed by atoms with Crippen molar-refractivity contribution in [3.8, 4) is 5.75 Å². The lowest BCUT2D eigenvalue weighted by molar-refractivity contribution is 0.344. The molecule has 2 heterocycles. The van der Waals surface area contributed by atoms with E-state index in [1.165, 1.54) is 11.1 Å². The molecule has 0 N–H and O–H groups in total. The van der Waals surface area contributed by atoms with Crippen LogP contribution in [-0.2, 0) is 6.54 Å². The Morgan fingerprint density at radius 1 is 1.15 bits per heavy atom. The topological polar surface area (TPSA) is 27.1 Å². The number of ether oxygens (including phenoxy) is 1. The highest BCUT2D eigenvalue weighted by molar-refractivity contribution is 5.86. The average molecular weight is 266 g/mol. The summed E-state index contributed by atoms with van der Waals surface area (Å²) in [7, 11) is 0. The number of hydrogen-bond donors (Lipinski definition) is 0. The average Bonchev–Trinajstić information content (AvgIpc) is 2.86. The van der Waals surface area contributed by atoms with Crippen LogP contribution in [0.3, 0.4) is 0 Å². The van der Waals surface area contributed by atoms with Gasteiger partial charge < -0.3 is 9.30 Å². The van der Waals surface area contributed by atoms with Gasteiger partial charge in [0.2, 0.25) is 0 Å². The lowest BCUT2D eigenvalue weighted by Crippen LogP contribution is -2.02. The normalized spacial score (nSPS) is 10.9. The molecular formula is C17H18N2O. The second kappa shape index (κ2) is 5.37. The van der Waals surface area contributed by atoms with Crippen molar-refractivity contribution in [2.45, 2.75) is 20.4 Å². The summed E-state index contributed by atoms with van der Waals surface area (Å²) in [6.07, 6.45) is 3.95. The van der Waals surface area contributed by atoms with Gasteiger partial charge >= 0.3 is 0 Å². The van der Waals surface area contributed by atoms with Crippen molar-refractivity contribution in [2.24, 2.45) is 0 Å². The number of aromatic nitrogens is 2. The van der Waals surface area contributed by atoms with Crippen LogP contribution >= 0.6 is 0 Å². The Morgan fingerprint density at radius 2 is 2.05 bits per heavy atom. The van der Waals surface area contributed by atoms with Crippen LogP contribution in [0.2, 0.25) is 0 Å². The summed E-state index contributed by atoms with van der Waals surface area (Å²) in [5.41, 5.74) is 3.50. The predicted molar refractivity (Wildman–Crippen MR) is 81.2 cm³/mol. The SMILES string of the molecule is CCOc1cccc2c1ccn2Cc1ncccc1C. The number of aryl methyl sites for hydroxylation is 1. The van der Waals surface area contributed by atoms with E-state index in [1.807, 2.05) is 31.3 Å². The van der Waals surface area contributed by atoms with Crippen LogP contribution in [0.25, 0.3) is 10.9 Å². The van der Waals surface area contributed by atoms with Crippen LogP contribution in [0.1, 0.15) is 18.2 Å². The molecular weight excluding hydrogens is 248 g/mol. The van der Waals surface area contributed by atoms with Crippen molar-refractivity contribution in [3.05, 3.63) is 60.0 Å². The monoisotopic (exact) mass is 266 g/mol. The second-order valence-electron chi connectivity index (χ2n) is 4.83. The van der Waals surface area contributed by atoms with Crippen LogP contribution in [0.15, 0.2) is 48.8 Å². The van der Waals surface area contributed by atoms with Crippen molar-refractivity contribution in [3.63, 3.8) is 0 Å². The van der Waals surface area contributed by atoms with Crippen molar-refractivity contribution < 1.29 is 4.74 Å². The Balaban J connectivity index is 2.01. The van der Waals surface area contributed by atoms with Gasteiger partial charge in [0.1, 0.15) is 5.75 Å². The van der Waals surface area contributed by atoms with Gasteiger partial charge in [0.25, 0.3) is 0 Å². The number of rotatable bonds is 4. The van der Waals surface area contributed by atoms with Crippen LogP contribution in [0.4, 0.5) is 0 Å². The van der Waals surface area contributed by atoms with E-state index in [0.717, 1.165) is 23.4 Å². The van der Waals surface area contributed by atoms with Crippen molar-refractivity contribution in [1.82, 2.24) is 9.55 Å². The van der Waals surface area contributed by atoms with Gasteiger partial charge in [-0.1, -0.05) is 12.1 Å². The maximum absolute atomic E-state index is 5.68. The Morgan fingerprint density at radius 3 is 2.85 bits per heavy atom. The minimum absolute atomic E-state index is 0.684. The van der Waals surface area contributed by atoms with Gasteiger partial charge in [-0.25, -0.2) is 0 Å². The van der Waals surface area contributed by atoms with Crippen molar-refractivity contribution >= 4 is 10.9 Å². The molecule has 0 fully saturated rings. The molecule has 0 saturated carbocycles. The first-order chi connectivity index (χ1) is 9.79. The lowest BCUT2D eigenvalue weighted by Gasteiger charge is -2.09. The molecule has 1 aromatic carbocycles. The van der Waals surface area contributed by atoms with Gasteiger partial charge in [-0.15, -0.1) is 0 Å². The third kappa shape index (κ3) is 2.27. The van der Waals surface area contributed by atoms with Gasteiger partial charge in [-0.3, -0.25) is 4.98 Å². The van der Waals surface area contributed by atoms with Crippen molar-refractivity contribution in [1.29, 1.82) is 0 Å². The van der Waals surface area contributed by atoms with Gasteiger partial charge in [-0.2, -0.15) is 0 Å². The molecule has 0 saturated heterocycles. The van der Waals surface area contributed by atoms with Gasteiger partial charge in [0.05, 0.1) is 24.4 Å². The van der Waals surface area contributed by atoms with E-state index >= 15 is 0 Å². The molecule has 0 amide bonds. The molecule has 102 valence electrons. The highest BCUT2D eigenvalue weighted by atomic mass is 16.5. The maximum atomic E-state index is 5.68. The molecule has 0 aliphatic heterocycles. The Hall–Kier alpha value is -2.29. The molecule has 0 aliphatic rings. The largest absolute Gasteiger partial charge is 0.493 e. The van der Waals surface area contributed by atoms with Gasteiger partial charge in [-0.05, 0) is 43.7 Å². The first kappa shape index (κ1) is 12.7. The summed E-state index contributed by atoms with van der Waals surface area (Å²) in [4.78, 5) is 4.47. The Bertz CT molecular complexity index is 731. The van der Waals surface area contributed by atoms with Crippen LogP contribution in [0.5, 0.6) is 5.75 Å². The number of hydrogen-bond acceptors (Lipinski definition) is 2. The highest BCUT2D eigenvalue weighted by Gasteiger charge is 2.08. The summed E-state index contributed by atoms with van der Waals surface area (Å²) < 4.78 is 7.89. The maximum Gasteiger partial charge on any atom is 0.128 e. The number of fused-ring (bicyclic) bond motifs is 1. The molecule has 3 rings (SSSR count). The third-order valence-corrected chi connectivity index (χ3v) is 3.51. The van der Waals surface area contributed by atoms with E-state index in [4.69, 9.17) is 4.74 Å². The Labute approximate surface area is 118 Å². The molecule has 3 heteroatoms. The molecule has 3 nitrogen and oxygen atoms in total. The smallest absolute Gasteiger partial charge is 0.128 e. The molecule has 0 radical (unpaired) electrons. The number of pyridine rings is 1. The van der Waals surface area contributed by atoms with E-state index in [0.29, 0.717) is 6.61 Å². The van der Waals surface area contributed by atoms with Gasteiger partial charge in [0.15, 0.2) is 0 Å². The molecule has 20 heavy (non-hydrogen) atoms. The van der Waals surface area contributed by atoms with E-state index in [9.17, 15) is 0 Å². The lowest BCUT2D eigenvalue weighted by atomic mass is 10.2. The quantitative estimate of drug-likeness (QED) is 0.718. The first-order valence-corrected chi connectivity index (χ1v) is 6.90. The Kier molecular flexibility index (Phi) is 3.42. The summed E-state index contributed by atoms with van der Waals surface area (Å²) >= 11 is 0. The van der Waals surface area contributed by atoms with Crippen LogP contribution in [-0.4, -0.2) is 16.2 Å².